The van der Waals surface area contributed by atoms with Gasteiger partial charge in [-0.1, -0.05) is 6.07 Å². The number of nitrogens with one attached hydrogen (secondary N) is 1. The predicted molar refractivity (Wildman–Crippen MR) is 111 cm³/mol. The van der Waals surface area contributed by atoms with Crippen molar-refractivity contribution in [2.45, 2.75) is 0 Å². The van der Waals surface area contributed by atoms with E-state index in [9.17, 15) is 4.79 Å². The molecule has 0 spiro atoms. The smallest absolute Gasteiger partial charge is 0.253 e. The first-order valence-corrected chi connectivity index (χ1v) is 9.06. The molecule has 0 saturated heterocycles. The van der Waals surface area contributed by atoms with E-state index in [-0.39, 0.29) is 5.91 Å². The van der Waals surface area contributed by atoms with Gasteiger partial charge in [-0.3, -0.25) is 14.2 Å². The monoisotopic (exact) mass is 383 g/mol. The van der Waals surface area contributed by atoms with Crippen molar-refractivity contribution in [3.05, 3.63) is 66.9 Å². The van der Waals surface area contributed by atoms with Crippen LogP contribution in [0.4, 0.5) is 11.4 Å². The summed E-state index contributed by atoms with van der Waals surface area (Å²) in [5.74, 6) is -0.0566. The molecule has 0 aliphatic carbocycles. The van der Waals surface area contributed by atoms with Gasteiger partial charge in [-0.15, -0.1) is 0 Å². The third-order valence-electron chi connectivity index (χ3n) is 4.72. The summed E-state index contributed by atoms with van der Waals surface area (Å²) in [6.07, 6.45) is 6.88. The van der Waals surface area contributed by atoms with Crippen molar-refractivity contribution < 1.29 is 4.79 Å². The van der Waals surface area contributed by atoms with Gasteiger partial charge in [0.15, 0.2) is 5.65 Å². The molecule has 1 amide bonds. The molecule has 5 aromatic rings. The fourth-order valence-corrected chi connectivity index (χ4v) is 3.34. The molecule has 8 nitrogen and oxygen atoms in total. The number of benzene rings is 1. The van der Waals surface area contributed by atoms with Crippen molar-refractivity contribution in [3.63, 3.8) is 0 Å². The van der Waals surface area contributed by atoms with Crippen LogP contribution in [0.5, 0.6) is 0 Å². The fraction of sp³-hybridized carbons (Fsp3) is 0.0952. The van der Waals surface area contributed by atoms with E-state index >= 15 is 0 Å². The molecule has 4 heterocycles. The number of aromatic nitrogens is 5. The molecule has 5 rings (SSSR count). The van der Waals surface area contributed by atoms with E-state index in [1.54, 1.807) is 50.0 Å². The van der Waals surface area contributed by atoms with E-state index in [2.05, 4.69) is 15.3 Å². The van der Waals surface area contributed by atoms with Crippen molar-refractivity contribution in [2.24, 2.45) is 0 Å². The van der Waals surface area contributed by atoms with Crippen molar-refractivity contribution in [3.8, 4) is 0 Å². The van der Waals surface area contributed by atoms with Gasteiger partial charge in [0, 0.05) is 49.3 Å². The number of hydrogen-bond acceptors (Lipinski definition) is 6. The highest BCUT2D eigenvalue weighted by molar-refractivity contribution is 6.07. The minimum Gasteiger partial charge on any atom is -0.353 e. The number of amides is 1. The Bertz CT molecular complexity index is 1390. The van der Waals surface area contributed by atoms with Gasteiger partial charge in [0.1, 0.15) is 17.5 Å². The van der Waals surface area contributed by atoms with Crippen LogP contribution in [0.2, 0.25) is 0 Å². The van der Waals surface area contributed by atoms with Crippen LogP contribution in [-0.4, -0.2) is 49.2 Å². The van der Waals surface area contributed by atoms with Crippen LogP contribution in [0, 0.1) is 0 Å². The summed E-state index contributed by atoms with van der Waals surface area (Å²) in [6.45, 7) is 0. The topological polar surface area (TPSA) is 88.3 Å². The molecule has 0 fully saturated rings. The number of carbonyl (C=O) groups is 1. The summed E-state index contributed by atoms with van der Waals surface area (Å²) < 4.78 is 1.85. The molecular formula is C21H17N7O. The van der Waals surface area contributed by atoms with Crippen LogP contribution in [0.25, 0.3) is 27.7 Å². The van der Waals surface area contributed by atoms with Gasteiger partial charge in [0.05, 0.1) is 11.2 Å². The summed E-state index contributed by atoms with van der Waals surface area (Å²) in [4.78, 5) is 31.8. The minimum absolute atomic E-state index is 0.0566. The van der Waals surface area contributed by atoms with Gasteiger partial charge in [0.2, 0.25) is 0 Å². The van der Waals surface area contributed by atoms with Gasteiger partial charge in [-0.05, 0) is 30.3 Å². The SMILES string of the molecule is CN(C)C(=O)c1cccc(Nc2c3cnccc3nc3c2nc2ccncn23)c1. The Hall–Kier alpha value is -4.07. The van der Waals surface area contributed by atoms with Gasteiger partial charge in [-0.2, -0.15) is 0 Å². The Kier molecular flexibility index (Phi) is 3.83. The molecule has 0 saturated carbocycles. The first-order chi connectivity index (χ1) is 14.1. The highest BCUT2D eigenvalue weighted by Crippen LogP contribution is 2.32. The maximum Gasteiger partial charge on any atom is 0.253 e. The highest BCUT2D eigenvalue weighted by Gasteiger charge is 2.16. The molecule has 0 atom stereocenters. The lowest BCUT2D eigenvalue weighted by Gasteiger charge is -2.13. The highest BCUT2D eigenvalue weighted by atomic mass is 16.2. The summed E-state index contributed by atoms with van der Waals surface area (Å²) in [5, 5.41) is 4.29. The van der Waals surface area contributed by atoms with Crippen molar-refractivity contribution in [2.75, 3.05) is 19.4 Å². The molecule has 142 valence electrons. The maximum absolute atomic E-state index is 12.3. The molecule has 1 aromatic carbocycles. The summed E-state index contributed by atoms with van der Waals surface area (Å²) in [6, 6.07) is 11.1. The Morgan fingerprint density at radius 3 is 2.79 bits per heavy atom. The fourth-order valence-electron chi connectivity index (χ4n) is 3.34. The number of nitrogens with zero attached hydrogens (tertiary/aromatic N) is 6. The molecule has 29 heavy (non-hydrogen) atoms. The number of carbonyl (C=O) groups excluding carboxylic acids is 1. The molecule has 1 N–H and O–H groups in total. The van der Waals surface area contributed by atoms with Crippen LogP contribution in [0.1, 0.15) is 10.4 Å². The molecular weight excluding hydrogens is 366 g/mol. The molecule has 4 aromatic heterocycles. The third kappa shape index (κ3) is 2.82. The molecule has 0 unspecified atom stereocenters. The first kappa shape index (κ1) is 17.1. The second kappa shape index (κ2) is 6.52. The second-order valence-corrected chi connectivity index (χ2v) is 6.88. The zero-order chi connectivity index (χ0) is 20.0. The number of fused-ring (bicyclic) bond motifs is 4. The number of anilines is 2. The number of pyridine rings is 2. The Morgan fingerprint density at radius 2 is 1.93 bits per heavy atom. The summed E-state index contributed by atoms with van der Waals surface area (Å²) in [7, 11) is 3.47. The minimum atomic E-state index is -0.0566. The molecule has 0 aliphatic rings. The average Bonchev–Trinajstić information content (AvgIpc) is 3.12. The molecule has 0 radical (unpaired) electrons. The van der Waals surface area contributed by atoms with E-state index in [4.69, 9.17) is 9.97 Å². The van der Waals surface area contributed by atoms with Crippen LogP contribution >= 0.6 is 0 Å². The van der Waals surface area contributed by atoms with E-state index in [1.807, 2.05) is 34.7 Å². The van der Waals surface area contributed by atoms with Gasteiger partial charge in [-0.25, -0.2) is 15.0 Å². The van der Waals surface area contributed by atoms with Crippen LogP contribution < -0.4 is 5.32 Å². The predicted octanol–water partition coefficient (Wildman–Crippen LogP) is 3.27. The zero-order valence-electron chi connectivity index (χ0n) is 15.9. The van der Waals surface area contributed by atoms with E-state index in [0.717, 1.165) is 27.9 Å². The Morgan fingerprint density at radius 1 is 1.07 bits per heavy atom. The van der Waals surface area contributed by atoms with Crippen molar-refractivity contribution >= 4 is 45.0 Å². The number of rotatable bonds is 3. The summed E-state index contributed by atoms with van der Waals surface area (Å²) >= 11 is 0. The van der Waals surface area contributed by atoms with Crippen LogP contribution in [-0.2, 0) is 0 Å². The standard InChI is InChI=1S/C21H17N7O/c1-27(2)21(29)13-4-3-5-14(10-13)24-18-15-11-22-8-6-16(15)25-20-19(18)26-17-7-9-23-12-28(17)20/h3-12H,1-2H3,(H,24,25). The van der Waals surface area contributed by atoms with Crippen molar-refractivity contribution in [1.29, 1.82) is 0 Å². The lowest BCUT2D eigenvalue weighted by molar-refractivity contribution is 0.0827. The molecule has 0 aliphatic heterocycles. The van der Waals surface area contributed by atoms with E-state index in [1.165, 1.54) is 0 Å². The largest absolute Gasteiger partial charge is 0.353 e. The zero-order valence-corrected chi connectivity index (χ0v) is 15.9. The van der Waals surface area contributed by atoms with E-state index < -0.39 is 0 Å². The molecule has 8 heteroatoms. The first-order valence-electron chi connectivity index (χ1n) is 9.06. The van der Waals surface area contributed by atoms with E-state index in [0.29, 0.717) is 16.7 Å². The maximum atomic E-state index is 12.3. The molecule has 0 bridgehead atoms. The number of hydrogen-bond donors (Lipinski definition) is 1. The van der Waals surface area contributed by atoms with Gasteiger partial charge in [0.25, 0.3) is 5.91 Å². The lowest BCUT2D eigenvalue weighted by Crippen LogP contribution is -2.21. The van der Waals surface area contributed by atoms with Gasteiger partial charge < -0.3 is 10.2 Å². The lowest BCUT2D eigenvalue weighted by atomic mass is 10.1. The van der Waals surface area contributed by atoms with Crippen molar-refractivity contribution in [1.82, 2.24) is 29.2 Å². The average molecular weight is 383 g/mol. The van der Waals surface area contributed by atoms with Crippen LogP contribution in [0.15, 0.2) is 61.3 Å². The Labute approximate surface area is 165 Å². The summed E-state index contributed by atoms with van der Waals surface area (Å²) in [5.41, 5.74) is 5.14. The third-order valence-corrected chi connectivity index (χ3v) is 4.72. The quantitative estimate of drug-likeness (QED) is 0.514. The van der Waals surface area contributed by atoms with Crippen LogP contribution in [0.3, 0.4) is 0 Å². The second-order valence-electron chi connectivity index (χ2n) is 6.88. The number of imidazole rings is 1. The Balaban J connectivity index is 1.73. The normalized spacial score (nSPS) is 11.2. The van der Waals surface area contributed by atoms with Gasteiger partial charge >= 0.3 is 0 Å².